The van der Waals surface area contributed by atoms with Crippen molar-refractivity contribution in [2.24, 2.45) is 0 Å². The number of aromatic nitrogens is 1. The molecule has 0 aliphatic heterocycles. The molecule has 1 heteroatoms. The molecule has 26 heavy (non-hydrogen) atoms. The largest absolute Gasteiger partial charge is 0.337 e. The van der Waals surface area contributed by atoms with Gasteiger partial charge in [-0.1, -0.05) is 66.2 Å². The van der Waals surface area contributed by atoms with Crippen LogP contribution in [0.4, 0.5) is 0 Å². The van der Waals surface area contributed by atoms with Gasteiger partial charge in [0.1, 0.15) is 0 Å². The average Bonchev–Trinajstić information content (AvgIpc) is 3.03. The maximum Gasteiger partial charge on any atom is 0.0494 e. The fraction of sp³-hybridized carbons (Fsp3) is 0.200. The van der Waals surface area contributed by atoms with Gasteiger partial charge in [0.15, 0.2) is 0 Å². The highest BCUT2D eigenvalue weighted by molar-refractivity contribution is 6.09. The van der Waals surface area contributed by atoms with E-state index in [1.165, 1.54) is 51.3 Å². The molecule has 0 amide bonds. The van der Waals surface area contributed by atoms with Crippen LogP contribution in [0.3, 0.4) is 0 Å². The van der Waals surface area contributed by atoms with Gasteiger partial charge in [0.2, 0.25) is 0 Å². The van der Waals surface area contributed by atoms with Gasteiger partial charge in [-0.05, 0) is 55.5 Å². The van der Waals surface area contributed by atoms with Crippen LogP contribution in [0.2, 0.25) is 0 Å². The molecule has 1 atom stereocenters. The summed E-state index contributed by atoms with van der Waals surface area (Å²) in [4.78, 5) is 0. The summed E-state index contributed by atoms with van der Waals surface area (Å²) in [6, 6.07) is 25.2. The third kappa shape index (κ3) is 2.47. The zero-order valence-electron chi connectivity index (χ0n) is 15.2. The first kappa shape index (κ1) is 15.5. The molecule has 0 bridgehead atoms. The Morgan fingerprint density at radius 2 is 1.54 bits per heavy atom. The maximum atomic E-state index is 2.58. The van der Waals surface area contributed by atoms with E-state index in [2.05, 4.69) is 90.4 Å². The summed E-state index contributed by atoms with van der Waals surface area (Å²) >= 11 is 0. The summed E-state index contributed by atoms with van der Waals surface area (Å²) in [6.45, 7) is 2.14. The van der Waals surface area contributed by atoms with Crippen LogP contribution >= 0.6 is 0 Å². The summed E-state index contributed by atoms with van der Waals surface area (Å²) in [5, 5.41) is 2.74. The fourth-order valence-corrected chi connectivity index (χ4v) is 4.33. The van der Waals surface area contributed by atoms with Crippen molar-refractivity contribution >= 4 is 21.8 Å². The molecule has 0 saturated heterocycles. The van der Waals surface area contributed by atoms with Crippen molar-refractivity contribution in [3.05, 3.63) is 84.4 Å². The second kappa shape index (κ2) is 6.17. The topological polar surface area (TPSA) is 4.93 Å². The summed E-state index contributed by atoms with van der Waals surface area (Å²) in [7, 11) is 0. The van der Waals surface area contributed by atoms with Crippen molar-refractivity contribution in [1.29, 1.82) is 0 Å². The minimum atomic E-state index is 0.563. The molecule has 1 unspecified atom stereocenters. The van der Waals surface area contributed by atoms with E-state index in [1.807, 2.05) is 0 Å². The van der Waals surface area contributed by atoms with Crippen molar-refractivity contribution < 1.29 is 0 Å². The van der Waals surface area contributed by atoms with Gasteiger partial charge in [-0.2, -0.15) is 0 Å². The maximum absolute atomic E-state index is 2.58. The van der Waals surface area contributed by atoms with E-state index in [1.54, 1.807) is 0 Å². The van der Waals surface area contributed by atoms with Gasteiger partial charge in [-0.3, -0.25) is 0 Å². The Morgan fingerprint density at radius 1 is 0.769 bits per heavy atom. The SMILES string of the molecule is Cc1ccc(-c2ccc3c(c2)c2ccccc2n3C2CC=CCC2)cc1. The van der Waals surface area contributed by atoms with Crippen LogP contribution in [0.15, 0.2) is 78.9 Å². The first-order valence-corrected chi connectivity index (χ1v) is 9.56. The highest BCUT2D eigenvalue weighted by Gasteiger charge is 2.18. The van der Waals surface area contributed by atoms with Crippen molar-refractivity contribution in [2.45, 2.75) is 32.2 Å². The lowest BCUT2D eigenvalue weighted by Gasteiger charge is -2.22. The van der Waals surface area contributed by atoms with E-state index in [0.29, 0.717) is 6.04 Å². The number of aryl methyl sites for hydroxylation is 1. The average molecular weight is 337 g/mol. The highest BCUT2D eigenvalue weighted by atomic mass is 15.0. The van der Waals surface area contributed by atoms with Crippen LogP contribution in [0.25, 0.3) is 32.9 Å². The third-order valence-corrected chi connectivity index (χ3v) is 5.70. The van der Waals surface area contributed by atoms with Crippen LogP contribution in [0.1, 0.15) is 30.9 Å². The Kier molecular flexibility index (Phi) is 3.67. The molecule has 1 nitrogen and oxygen atoms in total. The Balaban J connectivity index is 1.75. The lowest BCUT2D eigenvalue weighted by molar-refractivity contribution is 0.485. The predicted molar refractivity (Wildman–Crippen MR) is 112 cm³/mol. The molecule has 0 saturated carbocycles. The van der Waals surface area contributed by atoms with E-state index < -0.39 is 0 Å². The standard InChI is InChI=1S/C25H23N/c1-18-11-13-19(14-12-18)20-15-16-25-23(17-20)22-9-5-6-10-24(22)26(25)21-7-3-2-4-8-21/h2-3,5-6,9-17,21H,4,7-8H2,1H3. The quantitative estimate of drug-likeness (QED) is 0.345. The number of para-hydroxylation sites is 1. The van der Waals surface area contributed by atoms with E-state index >= 15 is 0 Å². The number of nitrogens with zero attached hydrogens (tertiary/aromatic N) is 1. The van der Waals surface area contributed by atoms with Gasteiger partial charge in [-0.15, -0.1) is 0 Å². The molecule has 5 rings (SSSR count). The van der Waals surface area contributed by atoms with Gasteiger partial charge >= 0.3 is 0 Å². The minimum Gasteiger partial charge on any atom is -0.337 e. The molecule has 0 N–H and O–H groups in total. The lowest BCUT2D eigenvalue weighted by Crippen LogP contribution is -2.09. The molecule has 0 spiro atoms. The van der Waals surface area contributed by atoms with Crippen LogP contribution < -0.4 is 0 Å². The molecule has 1 aliphatic carbocycles. The van der Waals surface area contributed by atoms with E-state index in [0.717, 1.165) is 6.42 Å². The molecule has 1 heterocycles. The summed E-state index contributed by atoms with van der Waals surface area (Å²) in [5.41, 5.74) is 6.61. The Morgan fingerprint density at radius 3 is 2.35 bits per heavy atom. The Labute approximate surface area is 154 Å². The second-order valence-electron chi connectivity index (χ2n) is 7.42. The molecule has 1 aromatic heterocycles. The molecular formula is C25H23N. The fourth-order valence-electron chi connectivity index (χ4n) is 4.33. The van der Waals surface area contributed by atoms with Crippen molar-refractivity contribution in [3.63, 3.8) is 0 Å². The molecule has 1 aliphatic rings. The first-order chi connectivity index (χ1) is 12.8. The summed E-state index contributed by atoms with van der Waals surface area (Å²) < 4.78 is 2.58. The monoisotopic (exact) mass is 337 g/mol. The van der Waals surface area contributed by atoms with Crippen LogP contribution in [0, 0.1) is 6.92 Å². The molecule has 3 aromatic carbocycles. The molecule has 128 valence electrons. The first-order valence-electron chi connectivity index (χ1n) is 9.56. The predicted octanol–water partition coefficient (Wildman–Crippen LogP) is 7.05. The Hall–Kier alpha value is -2.80. The number of benzene rings is 3. The van der Waals surface area contributed by atoms with Gasteiger partial charge in [-0.25, -0.2) is 0 Å². The van der Waals surface area contributed by atoms with E-state index in [4.69, 9.17) is 0 Å². The highest BCUT2D eigenvalue weighted by Crippen LogP contribution is 2.37. The molecule has 0 radical (unpaired) electrons. The van der Waals surface area contributed by atoms with Gasteiger partial charge in [0, 0.05) is 27.8 Å². The minimum absolute atomic E-state index is 0.563. The van der Waals surface area contributed by atoms with E-state index in [9.17, 15) is 0 Å². The van der Waals surface area contributed by atoms with Gasteiger partial charge < -0.3 is 4.57 Å². The molecule has 0 fully saturated rings. The smallest absolute Gasteiger partial charge is 0.0494 e. The zero-order chi connectivity index (χ0) is 17.5. The summed E-state index contributed by atoms with van der Waals surface area (Å²) in [6.07, 6.45) is 8.20. The number of hydrogen-bond acceptors (Lipinski definition) is 0. The Bertz CT molecular complexity index is 1110. The van der Waals surface area contributed by atoms with Crippen molar-refractivity contribution in [2.75, 3.05) is 0 Å². The molecular weight excluding hydrogens is 314 g/mol. The number of rotatable bonds is 2. The van der Waals surface area contributed by atoms with Gasteiger partial charge in [0.25, 0.3) is 0 Å². The number of allylic oxidation sites excluding steroid dienone is 2. The van der Waals surface area contributed by atoms with Crippen molar-refractivity contribution in [1.82, 2.24) is 4.57 Å². The van der Waals surface area contributed by atoms with Crippen molar-refractivity contribution in [3.8, 4) is 11.1 Å². The second-order valence-corrected chi connectivity index (χ2v) is 7.42. The number of fused-ring (bicyclic) bond motifs is 3. The zero-order valence-corrected chi connectivity index (χ0v) is 15.2. The van der Waals surface area contributed by atoms with Crippen LogP contribution in [0.5, 0.6) is 0 Å². The summed E-state index contributed by atoms with van der Waals surface area (Å²) in [5.74, 6) is 0. The third-order valence-electron chi connectivity index (χ3n) is 5.70. The van der Waals surface area contributed by atoms with Crippen LogP contribution in [-0.4, -0.2) is 4.57 Å². The number of hydrogen-bond donors (Lipinski definition) is 0. The van der Waals surface area contributed by atoms with E-state index in [-0.39, 0.29) is 0 Å². The lowest BCUT2D eigenvalue weighted by atomic mass is 10.0. The molecule has 4 aromatic rings. The van der Waals surface area contributed by atoms with Crippen LogP contribution in [-0.2, 0) is 0 Å². The normalized spacial score (nSPS) is 17.2. The van der Waals surface area contributed by atoms with Gasteiger partial charge in [0.05, 0.1) is 0 Å².